The van der Waals surface area contributed by atoms with E-state index in [-0.39, 0.29) is 22.4 Å². The second kappa shape index (κ2) is 10.0. The van der Waals surface area contributed by atoms with E-state index in [0.29, 0.717) is 29.6 Å². The molecule has 1 heterocycles. The molecule has 3 aromatic carbocycles. The van der Waals surface area contributed by atoms with Crippen LogP contribution in [0.4, 0.5) is 11.4 Å². The Labute approximate surface area is 215 Å². The van der Waals surface area contributed by atoms with Gasteiger partial charge in [-0.05, 0) is 85.0 Å². The molecule has 0 fully saturated rings. The quantitative estimate of drug-likeness (QED) is 0.145. The molecule has 1 aromatic heterocycles. The number of carbonyl (C=O) groups excluding carboxylic acids is 1. The topological polar surface area (TPSA) is 124 Å². The van der Waals surface area contributed by atoms with E-state index < -0.39 is 0 Å². The predicted molar refractivity (Wildman–Crippen MR) is 144 cm³/mol. The second-order valence-corrected chi connectivity index (χ2v) is 10.1. The van der Waals surface area contributed by atoms with E-state index in [1.807, 2.05) is 30.3 Å². The van der Waals surface area contributed by atoms with Crippen LogP contribution in [0.2, 0.25) is 0 Å². The van der Waals surface area contributed by atoms with Gasteiger partial charge in [-0.25, -0.2) is 4.98 Å². The lowest BCUT2D eigenvalue weighted by Crippen LogP contribution is -2.29. The summed E-state index contributed by atoms with van der Waals surface area (Å²) in [7, 11) is 0. The average Bonchev–Trinajstić information content (AvgIpc) is 3.20. The third kappa shape index (κ3) is 5.18. The summed E-state index contributed by atoms with van der Waals surface area (Å²) in [6.07, 6.45) is 3.46. The van der Waals surface area contributed by atoms with E-state index in [4.69, 9.17) is 10.2 Å². The van der Waals surface area contributed by atoms with Crippen molar-refractivity contribution in [2.24, 2.45) is 5.92 Å². The molecule has 0 bridgehead atoms. The van der Waals surface area contributed by atoms with Crippen molar-refractivity contribution in [2.45, 2.75) is 45.4 Å². The van der Waals surface area contributed by atoms with Gasteiger partial charge in [0.15, 0.2) is 5.58 Å². The number of aromatic nitrogens is 1. The van der Waals surface area contributed by atoms with Gasteiger partial charge in [-0.1, -0.05) is 19.9 Å². The van der Waals surface area contributed by atoms with Crippen LogP contribution in [-0.2, 0) is 12.8 Å². The van der Waals surface area contributed by atoms with Crippen LogP contribution < -0.4 is 11.1 Å². The fourth-order valence-corrected chi connectivity index (χ4v) is 5.01. The molecule has 190 valence electrons. The largest absolute Gasteiger partial charge is 0.436 e. The van der Waals surface area contributed by atoms with E-state index >= 15 is 0 Å². The zero-order valence-corrected chi connectivity index (χ0v) is 21.0. The zero-order valence-electron chi connectivity index (χ0n) is 21.0. The molecule has 37 heavy (non-hydrogen) atoms. The highest BCUT2D eigenvalue weighted by Gasteiger charge is 2.20. The molecule has 1 unspecified atom stereocenters. The number of carbonyl (C=O) groups is 1. The van der Waals surface area contributed by atoms with Crippen LogP contribution in [0.25, 0.3) is 22.6 Å². The number of anilines is 1. The maximum Gasteiger partial charge on any atom is 0.269 e. The average molecular weight is 499 g/mol. The van der Waals surface area contributed by atoms with E-state index in [1.54, 1.807) is 24.3 Å². The van der Waals surface area contributed by atoms with Gasteiger partial charge in [0.25, 0.3) is 11.6 Å². The molecule has 8 nitrogen and oxygen atoms in total. The number of hydrogen-bond acceptors (Lipinski definition) is 6. The maximum atomic E-state index is 12.8. The SMILES string of the molecule is CC(C)c1cc(N)cc2nc(-c3ccc(C(=O)NCC4CCc5ccc([N+](=O)[O-])cc5CC4)cc3)oc12. The number of non-ortho nitro benzene ring substituents is 1. The van der Waals surface area contributed by atoms with Gasteiger partial charge in [-0.15, -0.1) is 0 Å². The zero-order chi connectivity index (χ0) is 26.1. The lowest BCUT2D eigenvalue weighted by Gasteiger charge is -2.15. The number of aryl methyl sites for hydroxylation is 2. The first-order chi connectivity index (χ1) is 17.8. The summed E-state index contributed by atoms with van der Waals surface area (Å²) in [6.45, 7) is 4.74. The number of amides is 1. The van der Waals surface area contributed by atoms with Crippen LogP contribution in [0.5, 0.6) is 0 Å². The Balaban J connectivity index is 1.22. The number of hydrogen-bond donors (Lipinski definition) is 2. The van der Waals surface area contributed by atoms with E-state index in [0.717, 1.165) is 59.0 Å². The fraction of sp³-hybridized carbons (Fsp3) is 0.310. The molecule has 0 saturated heterocycles. The van der Waals surface area contributed by atoms with Gasteiger partial charge in [0.1, 0.15) is 5.52 Å². The fourth-order valence-electron chi connectivity index (χ4n) is 5.01. The number of nitrogens with one attached hydrogen (secondary N) is 1. The van der Waals surface area contributed by atoms with Crippen molar-refractivity contribution in [1.29, 1.82) is 0 Å². The van der Waals surface area contributed by atoms with Crippen molar-refractivity contribution in [3.8, 4) is 11.5 Å². The molecular formula is C29H30N4O4. The number of nitrogens with zero attached hydrogens (tertiary/aromatic N) is 2. The number of oxazole rings is 1. The summed E-state index contributed by atoms with van der Waals surface area (Å²) >= 11 is 0. The van der Waals surface area contributed by atoms with Crippen molar-refractivity contribution in [1.82, 2.24) is 10.3 Å². The van der Waals surface area contributed by atoms with E-state index in [1.165, 1.54) is 0 Å². The van der Waals surface area contributed by atoms with Crippen LogP contribution in [0.3, 0.4) is 0 Å². The molecule has 1 aliphatic carbocycles. The van der Waals surface area contributed by atoms with Gasteiger partial charge in [0, 0.05) is 41.1 Å². The molecule has 1 amide bonds. The highest BCUT2D eigenvalue weighted by atomic mass is 16.6. The molecule has 5 rings (SSSR count). The highest BCUT2D eigenvalue weighted by Crippen LogP contribution is 2.32. The number of nitrogens with two attached hydrogens (primary N) is 1. The van der Waals surface area contributed by atoms with Crippen LogP contribution >= 0.6 is 0 Å². The van der Waals surface area contributed by atoms with Crippen molar-refractivity contribution < 1.29 is 14.1 Å². The summed E-state index contributed by atoms with van der Waals surface area (Å²) in [4.78, 5) is 28.2. The first-order valence-electron chi connectivity index (χ1n) is 12.6. The van der Waals surface area contributed by atoms with Gasteiger partial charge in [0.2, 0.25) is 5.89 Å². The number of nitro benzene ring substituents is 1. The Morgan fingerprint density at radius 3 is 2.54 bits per heavy atom. The molecule has 4 aromatic rings. The number of benzene rings is 3. The number of rotatable bonds is 6. The minimum absolute atomic E-state index is 0.128. The van der Waals surface area contributed by atoms with Crippen LogP contribution in [0, 0.1) is 16.0 Å². The van der Waals surface area contributed by atoms with Gasteiger partial charge in [-0.3, -0.25) is 14.9 Å². The van der Waals surface area contributed by atoms with Crippen molar-refractivity contribution in [3.63, 3.8) is 0 Å². The number of nitrogen functional groups attached to an aromatic ring is 1. The van der Waals surface area contributed by atoms with Gasteiger partial charge >= 0.3 is 0 Å². The molecule has 8 heteroatoms. The molecule has 1 atom stereocenters. The van der Waals surface area contributed by atoms with Crippen molar-refractivity contribution in [2.75, 3.05) is 12.3 Å². The molecule has 1 aliphatic rings. The Morgan fingerprint density at radius 2 is 1.84 bits per heavy atom. The third-order valence-electron chi connectivity index (χ3n) is 7.15. The van der Waals surface area contributed by atoms with Crippen molar-refractivity contribution in [3.05, 3.63) is 87.0 Å². The van der Waals surface area contributed by atoms with E-state index in [9.17, 15) is 14.9 Å². The molecule has 0 saturated carbocycles. The first-order valence-corrected chi connectivity index (χ1v) is 12.6. The summed E-state index contributed by atoms with van der Waals surface area (Å²) in [6, 6.07) is 16.1. The second-order valence-electron chi connectivity index (χ2n) is 10.1. The lowest BCUT2D eigenvalue weighted by molar-refractivity contribution is -0.384. The van der Waals surface area contributed by atoms with Crippen LogP contribution in [0.1, 0.15) is 59.7 Å². The Kier molecular flexibility index (Phi) is 6.65. The Bertz CT molecular complexity index is 1470. The van der Waals surface area contributed by atoms with E-state index in [2.05, 4.69) is 24.1 Å². The number of fused-ring (bicyclic) bond motifs is 2. The molecule has 0 spiro atoms. The van der Waals surface area contributed by atoms with Crippen LogP contribution in [0.15, 0.2) is 59.0 Å². The summed E-state index contributed by atoms with van der Waals surface area (Å²) in [5, 5.41) is 14.1. The molecule has 3 N–H and O–H groups in total. The Morgan fingerprint density at radius 1 is 1.11 bits per heavy atom. The highest BCUT2D eigenvalue weighted by molar-refractivity contribution is 5.94. The summed E-state index contributed by atoms with van der Waals surface area (Å²) in [5.41, 5.74) is 12.9. The third-order valence-corrected chi connectivity index (χ3v) is 7.15. The molecule has 0 radical (unpaired) electrons. The predicted octanol–water partition coefficient (Wildman–Crippen LogP) is 6.03. The summed E-state index contributed by atoms with van der Waals surface area (Å²) < 4.78 is 6.08. The number of nitro groups is 1. The Hall–Kier alpha value is -4.20. The minimum Gasteiger partial charge on any atom is -0.436 e. The monoisotopic (exact) mass is 498 g/mol. The van der Waals surface area contributed by atoms with Crippen molar-refractivity contribution >= 4 is 28.4 Å². The molecule has 0 aliphatic heterocycles. The smallest absolute Gasteiger partial charge is 0.269 e. The normalized spacial score (nSPS) is 15.4. The van der Waals surface area contributed by atoms with Gasteiger partial charge < -0.3 is 15.5 Å². The van der Waals surface area contributed by atoms with Crippen LogP contribution in [-0.4, -0.2) is 22.4 Å². The molecular weight excluding hydrogens is 468 g/mol. The summed E-state index contributed by atoms with van der Waals surface area (Å²) in [5.74, 6) is 0.931. The standard InChI is InChI=1S/C29H30N4O4/c1-17(2)25-14-23(30)15-26-27(25)37-29(32-26)21-9-7-20(8-10-21)28(34)31-16-18-3-5-19-11-12-24(33(35)36)13-22(19)6-4-18/h7-15,17-18H,3-6,16,30H2,1-2H3,(H,31,34). The van der Waals surface area contributed by atoms with Gasteiger partial charge in [-0.2, -0.15) is 0 Å². The first kappa shape index (κ1) is 24.5. The maximum absolute atomic E-state index is 12.8. The lowest BCUT2D eigenvalue weighted by atomic mass is 9.99. The minimum atomic E-state index is -0.350. The van der Waals surface area contributed by atoms with Gasteiger partial charge in [0.05, 0.1) is 4.92 Å².